The average Bonchev–Trinajstić information content (AvgIpc) is 2.87. The van der Waals surface area contributed by atoms with Gasteiger partial charge in [-0.1, -0.05) is 19.1 Å². The van der Waals surface area contributed by atoms with Crippen molar-refractivity contribution < 1.29 is 9.47 Å². The number of rotatable bonds is 5. The lowest BCUT2D eigenvalue weighted by atomic mass is 10.2. The molecule has 0 spiro atoms. The van der Waals surface area contributed by atoms with E-state index >= 15 is 0 Å². The molecule has 112 valence electrons. The smallest absolute Gasteiger partial charge is 0.161 e. The van der Waals surface area contributed by atoms with Crippen LogP contribution in [0.5, 0.6) is 11.5 Å². The van der Waals surface area contributed by atoms with E-state index in [4.69, 9.17) is 9.47 Å². The van der Waals surface area contributed by atoms with Crippen molar-refractivity contribution in [3.8, 4) is 11.5 Å². The minimum absolute atomic E-state index is 0.0432. The van der Waals surface area contributed by atoms with Gasteiger partial charge in [-0.25, -0.2) is 0 Å². The van der Waals surface area contributed by atoms with Crippen LogP contribution < -0.4 is 14.8 Å². The molecule has 0 saturated carbocycles. The number of benzene rings is 1. The highest BCUT2D eigenvalue weighted by molar-refractivity contribution is 5.40. The predicted octanol–water partition coefficient (Wildman–Crippen LogP) is 1.91. The van der Waals surface area contributed by atoms with Gasteiger partial charge in [-0.3, -0.25) is 4.68 Å². The summed E-state index contributed by atoms with van der Waals surface area (Å²) in [4.78, 5) is 0. The van der Waals surface area contributed by atoms with E-state index < -0.39 is 0 Å². The lowest BCUT2D eigenvalue weighted by Crippen LogP contribution is -2.38. The van der Waals surface area contributed by atoms with E-state index in [9.17, 15) is 0 Å². The van der Waals surface area contributed by atoms with E-state index in [0.29, 0.717) is 6.61 Å². The first-order valence-electron chi connectivity index (χ1n) is 7.37. The fraction of sp³-hybridized carbons (Fsp3) is 0.438. The Labute approximate surface area is 124 Å². The Hall–Kier alpha value is -2.01. The van der Waals surface area contributed by atoms with Gasteiger partial charge in [0.2, 0.25) is 0 Å². The number of nitrogens with zero attached hydrogens (tertiary/aromatic N) is 2. The fourth-order valence-electron chi connectivity index (χ4n) is 2.56. The second-order valence-corrected chi connectivity index (χ2v) is 5.26. The van der Waals surface area contributed by atoms with Gasteiger partial charge in [-0.05, 0) is 18.6 Å². The summed E-state index contributed by atoms with van der Waals surface area (Å²) in [6.07, 6.45) is 3.06. The predicted molar refractivity (Wildman–Crippen MR) is 80.6 cm³/mol. The van der Waals surface area contributed by atoms with E-state index in [1.54, 1.807) is 0 Å². The number of para-hydroxylation sites is 2. The van der Waals surface area contributed by atoms with Gasteiger partial charge in [0.1, 0.15) is 12.7 Å². The molecular formula is C16H21N3O2. The lowest BCUT2D eigenvalue weighted by molar-refractivity contribution is 0.0902. The van der Waals surface area contributed by atoms with Gasteiger partial charge in [-0.15, -0.1) is 0 Å². The molecule has 0 aliphatic carbocycles. The van der Waals surface area contributed by atoms with Crippen molar-refractivity contribution in [2.45, 2.75) is 26.0 Å². The number of aromatic nitrogens is 2. The van der Waals surface area contributed by atoms with Gasteiger partial charge < -0.3 is 14.8 Å². The highest BCUT2D eigenvalue weighted by Gasteiger charge is 2.20. The van der Waals surface area contributed by atoms with Crippen molar-refractivity contribution in [2.24, 2.45) is 7.05 Å². The fourth-order valence-corrected chi connectivity index (χ4v) is 2.56. The van der Waals surface area contributed by atoms with Crippen LogP contribution in [0.25, 0.3) is 0 Å². The number of hydrogen-bond donors (Lipinski definition) is 1. The second-order valence-electron chi connectivity index (χ2n) is 5.26. The zero-order valence-electron chi connectivity index (χ0n) is 12.5. The second kappa shape index (κ2) is 6.18. The van der Waals surface area contributed by atoms with Crippen LogP contribution in [0.2, 0.25) is 0 Å². The molecule has 2 aromatic rings. The maximum absolute atomic E-state index is 5.92. The molecule has 0 amide bonds. The number of fused-ring (bicyclic) bond motifs is 1. The van der Waals surface area contributed by atoms with Crippen LogP contribution in [-0.4, -0.2) is 29.0 Å². The molecule has 0 fully saturated rings. The third kappa shape index (κ3) is 3.19. The SMILES string of the molecule is CCc1nn(C)cc1CNCC1COc2ccccc2O1. The highest BCUT2D eigenvalue weighted by atomic mass is 16.6. The molecule has 5 heteroatoms. The minimum atomic E-state index is 0.0432. The Morgan fingerprint density at radius 1 is 1.33 bits per heavy atom. The topological polar surface area (TPSA) is 48.3 Å². The quantitative estimate of drug-likeness (QED) is 0.912. The maximum atomic E-state index is 5.92. The molecule has 2 heterocycles. The van der Waals surface area contributed by atoms with E-state index in [0.717, 1.165) is 36.7 Å². The molecule has 0 saturated heterocycles. The largest absolute Gasteiger partial charge is 0.486 e. The van der Waals surface area contributed by atoms with Gasteiger partial charge >= 0.3 is 0 Å². The van der Waals surface area contributed by atoms with Gasteiger partial charge in [0.25, 0.3) is 0 Å². The van der Waals surface area contributed by atoms with Crippen LogP contribution in [0.3, 0.4) is 0 Å². The molecular weight excluding hydrogens is 266 g/mol. The molecule has 0 radical (unpaired) electrons. The molecule has 1 aromatic heterocycles. The lowest BCUT2D eigenvalue weighted by Gasteiger charge is -2.26. The molecule has 21 heavy (non-hydrogen) atoms. The molecule has 1 N–H and O–H groups in total. The summed E-state index contributed by atoms with van der Waals surface area (Å²) >= 11 is 0. The third-order valence-corrected chi connectivity index (χ3v) is 3.58. The first-order valence-corrected chi connectivity index (χ1v) is 7.37. The summed E-state index contributed by atoms with van der Waals surface area (Å²) in [5.41, 5.74) is 2.40. The van der Waals surface area contributed by atoms with E-state index in [1.807, 2.05) is 36.0 Å². The number of ether oxygens (including phenoxy) is 2. The maximum Gasteiger partial charge on any atom is 0.161 e. The molecule has 1 aromatic carbocycles. The van der Waals surface area contributed by atoms with Gasteiger partial charge in [0.15, 0.2) is 11.5 Å². The molecule has 1 aliphatic rings. The Balaban J connectivity index is 1.52. The monoisotopic (exact) mass is 287 g/mol. The number of nitrogens with one attached hydrogen (secondary N) is 1. The summed E-state index contributed by atoms with van der Waals surface area (Å²) in [5, 5.41) is 7.88. The van der Waals surface area contributed by atoms with Crippen molar-refractivity contribution in [3.05, 3.63) is 41.7 Å². The van der Waals surface area contributed by atoms with Crippen LogP contribution in [0.1, 0.15) is 18.2 Å². The molecule has 5 nitrogen and oxygen atoms in total. The molecule has 1 unspecified atom stereocenters. The standard InChI is InChI=1S/C16H21N3O2/c1-3-14-12(10-19(2)18-14)8-17-9-13-11-20-15-6-4-5-7-16(15)21-13/h4-7,10,13,17H,3,8-9,11H2,1-2H3. The number of hydrogen-bond acceptors (Lipinski definition) is 4. The van der Waals surface area contributed by atoms with Crippen molar-refractivity contribution >= 4 is 0 Å². The summed E-state index contributed by atoms with van der Waals surface area (Å²) in [6.45, 7) is 4.27. The van der Waals surface area contributed by atoms with E-state index in [1.165, 1.54) is 5.56 Å². The first kappa shape index (κ1) is 13.9. The molecule has 3 rings (SSSR count). The zero-order chi connectivity index (χ0) is 14.7. The van der Waals surface area contributed by atoms with Crippen molar-refractivity contribution in [2.75, 3.05) is 13.2 Å². The summed E-state index contributed by atoms with van der Waals surface area (Å²) in [7, 11) is 1.96. The molecule has 1 atom stereocenters. The zero-order valence-corrected chi connectivity index (χ0v) is 12.5. The van der Waals surface area contributed by atoms with Gasteiger partial charge in [-0.2, -0.15) is 5.10 Å². The van der Waals surface area contributed by atoms with Crippen LogP contribution in [0, 0.1) is 0 Å². The van der Waals surface area contributed by atoms with Crippen molar-refractivity contribution in [3.63, 3.8) is 0 Å². The summed E-state index contributed by atoms with van der Waals surface area (Å²) in [6, 6.07) is 7.79. The average molecular weight is 287 g/mol. The first-order chi connectivity index (χ1) is 10.3. The summed E-state index contributed by atoms with van der Waals surface area (Å²) in [5.74, 6) is 1.65. The third-order valence-electron chi connectivity index (χ3n) is 3.58. The van der Waals surface area contributed by atoms with Gasteiger partial charge in [0.05, 0.1) is 5.69 Å². The van der Waals surface area contributed by atoms with Crippen LogP contribution in [0.4, 0.5) is 0 Å². The van der Waals surface area contributed by atoms with Crippen molar-refractivity contribution in [1.29, 1.82) is 0 Å². The minimum Gasteiger partial charge on any atom is -0.486 e. The Bertz CT molecular complexity index is 609. The molecule has 0 bridgehead atoms. The number of aryl methyl sites for hydroxylation is 2. The highest BCUT2D eigenvalue weighted by Crippen LogP contribution is 2.30. The van der Waals surface area contributed by atoms with Crippen LogP contribution in [0.15, 0.2) is 30.5 Å². The van der Waals surface area contributed by atoms with E-state index in [2.05, 4.69) is 23.5 Å². The molecule has 1 aliphatic heterocycles. The van der Waals surface area contributed by atoms with E-state index in [-0.39, 0.29) is 6.10 Å². The van der Waals surface area contributed by atoms with Crippen LogP contribution in [-0.2, 0) is 20.0 Å². The normalized spacial score (nSPS) is 17.0. The van der Waals surface area contributed by atoms with Gasteiger partial charge in [0, 0.05) is 31.9 Å². The van der Waals surface area contributed by atoms with Crippen LogP contribution >= 0.6 is 0 Å². The Morgan fingerprint density at radius 2 is 2.14 bits per heavy atom. The Kier molecular flexibility index (Phi) is 4.10. The summed E-state index contributed by atoms with van der Waals surface area (Å²) < 4.78 is 13.5. The van der Waals surface area contributed by atoms with Crippen molar-refractivity contribution in [1.82, 2.24) is 15.1 Å². The Morgan fingerprint density at radius 3 is 2.95 bits per heavy atom.